The molecule has 2 aromatic heterocycles. The van der Waals surface area contributed by atoms with Gasteiger partial charge in [-0.05, 0) is 50.1 Å². The van der Waals surface area contributed by atoms with E-state index in [0.29, 0.717) is 18.9 Å². The van der Waals surface area contributed by atoms with Crippen LogP contribution < -0.4 is 4.90 Å². The lowest BCUT2D eigenvalue weighted by molar-refractivity contribution is -0.384. The van der Waals surface area contributed by atoms with Crippen molar-refractivity contribution in [3.63, 3.8) is 0 Å². The molecule has 26 heavy (non-hydrogen) atoms. The zero-order chi connectivity index (χ0) is 18.1. The highest BCUT2D eigenvalue weighted by atomic mass is 16.6. The highest BCUT2D eigenvalue weighted by Crippen LogP contribution is 2.30. The number of benzene rings is 1. The van der Waals surface area contributed by atoms with Gasteiger partial charge >= 0.3 is 5.69 Å². The van der Waals surface area contributed by atoms with E-state index in [2.05, 4.69) is 30.1 Å². The summed E-state index contributed by atoms with van der Waals surface area (Å²) >= 11 is 0. The SMILES string of the molecule is Cc1ccc2oc(C=C3CCN(c4ncccc4[N+](=O)[O-])CC3)cc2c1. The van der Waals surface area contributed by atoms with Crippen LogP contribution in [-0.2, 0) is 0 Å². The molecule has 0 unspecified atom stereocenters. The first-order valence-corrected chi connectivity index (χ1v) is 8.64. The predicted molar refractivity (Wildman–Crippen MR) is 101 cm³/mol. The van der Waals surface area contributed by atoms with Crippen LogP contribution in [0, 0.1) is 17.0 Å². The lowest BCUT2D eigenvalue weighted by Gasteiger charge is -2.28. The molecule has 1 fully saturated rings. The molecule has 0 saturated carbocycles. The van der Waals surface area contributed by atoms with Gasteiger partial charge in [0.25, 0.3) is 0 Å². The normalized spacial score (nSPS) is 14.7. The van der Waals surface area contributed by atoms with Crippen molar-refractivity contribution in [2.45, 2.75) is 19.8 Å². The Morgan fingerprint density at radius 2 is 2.04 bits per heavy atom. The second kappa shape index (κ2) is 6.63. The largest absolute Gasteiger partial charge is 0.457 e. The van der Waals surface area contributed by atoms with Gasteiger partial charge in [-0.1, -0.05) is 17.2 Å². The number of aromatic nitrogens is 1. The molecule has 0 aliphatic carbocycles. The molecule has 0 atom stereocenters. The third-order valence-corrected chi connectivity index (χ3v) is 4.71. The lowest BCUT2D eigenvalue weighted by Crippen LogP contribution is -2.31. The van der Waals surface area contributed by atoms with E-state index in [9.17, 15) is 10.1 Å². The highest BCUT2D eigenvalue weighted by molar-refractivity contribution is 5.80. The number of piperidine rings is 1. The Morgan fingerprint density at radius 1 is 1.23 bits per heavy atom. The summed E-state index contributed by atoms with van der Waals surface area (Å²) in [5, 5.41) is 12.3. The Bertz CT molecular complexity index is 996. The molecule has 1 saturated heterocycles. The quantitative estimate of drug-likeness (QED) is 0.505. The number of aryl methyl sites for hydroxylation is 1. The van der Waals surface area contributed by atoms with Gasteiger partial charge in [0.15, 0.2) is 0 Å². The van der Waals surface area contributed by atoms with Crippen molar-refractivity contribution in [2.24, 2.45) is 0 Å². The number of anilines is 1. The Labute approximate surface area is 150 Å². The van der Waals surface area contributed by atoms with E-state index in [1.807, 2.05) is 17.0 Å². The molecule has 0 radical (unpaired) electrons. The van der Waals surface area contributed by atoms with Crippen molar-refractivity contribution in [1.82, 2.24) is 4.98 Å². The van der Waals surface area contributed by atoms with Crippen molar-refractivity contribution in [3.8, 4) is 0 Å². The molecule has 0 amide bonds. The molecule has 1 aliphatic rings. The molecule has 1 aliphatic heterocycles. The van der Waals surface area contributed by atoms with Crippen LogP contribution in [-0.4, -0.2) is 23.0 Å². The van der Waals surface area contributed by atoms with E-state index in [-0.39, 0.29) is 10.6 Å². The summed E-state index contributed by atoms with van der Waals surface area (Å²) < 4.78 is 5.90. The first kappa shape index (κ1) is 16.3. The van der Waals surface area contributed by atoms with Crippen LogP contribution in [0.3, 0.4) is 0 Å². The molecular weight excluding hydrogens is 330 g/mol. The molecule has 3 aromatic rings. The standard InChI is InChI=1S/C20H19N3O3/c1-14-4-5-19-16(11-14)13-17(26-19)12-15-6-9-22(10-7-15)20-18(23(24)25)3-2-8-21-20/h2-5,8,11-13H,6-7,9-10H2,1H3. The zero-order valence-electron chi connectivity index (χ0n) is 14.5. The molecule has 4 rings (SSSR count). The molecule has 132 valence electrons. The molecule has 0 bridgehead atoms. The Hall–Kier alpha value is -3.15. The second-order valence-electron chi connectivity index (χ2n) is 6.58. The summed E-state index contributed by atoms with van der Waals surface area (Å²) in [5.41, 5.74) is 3.45. The third kappa shape index (κ3) is 3.18. The van der Waals surface area contributed by atoms with E-state index < -0.39 is 0 Å². The second-order valence-corrected chi connectivity index (χ2v) is 6.58. The summed E-state index contributed by atoms with van der Waals surface area (Å²) in [5.74, 6) is 1.31. The van der Waals surface area contributed by atoms with Crippen LogP contribution in [0.2, 0.25) is 0 Å². The molecule has 3 heterocycles. The lowest BCUT2D eigenvalue weighted by atomic mass is 10.0. The van der Waals surface area contributed by atoms with Crippen molar-refractivity contribution in [3.05, 3.63) is 69.6 Å². The fourth-order valence-electron chi connectivity index (χ4n) is 3.38. The minimum absolute atomic E-state index is 0.0626. The van der Waals surface area contributed by atoms with E-state index in [1.165, 1.54) is 17.2 Å². The Kier molecular flexibility index (Phi) is 4.16. The van der Waals surface area contributed by atoms with Crippen LogP contribution >= 0.6 is 0 Å². The van der Waals surface area contributed by atoms with Gasteiger partial charge in [0, 0.05) is 30.7 Å². The Balaban J connectivity index is 1.51. The van der Waals surface area contributed by atoms with Gasteiger partial charge in [0.1, 0.15) is 11.3 Å². The van der Waals surface area contributed by atoms with Crippen LogP contribution in [0.25, 0.3) is 17.0 Å². The van der Waals surface area contributed by atoms with Crippen LogP contribution in [0.4, 0.5) is 11.5 Å². The van der Waals surface area contributed by atoms with Gasteiger partial charge in [-0.3, -0.25) is 10.1 Å². The number of fused-ring (bicyclic) bond motifs is 1. The van der Waals surface area contributed by atoms with Crippen molar-refractivity contribution in [2.75, 3.05) is 18.0 Å². The van der Waals surface area contributed by atoms with Crippen molar-refractivity contribution >= 4 is 28.6 Å². The van der Waals surface area contributed by atoms with Gasteiger partial charge in [-0.2, -0.15) is 0 Å². The number of nitrogens with zero attached hydrogens (tertiary/aromatic N) is 3. The van der Waals surface area contributed by atoms with Gasteiger partial charge < -0.3 is 9.32 Å². The topological polar surface area (TPSA) is 72.4 Å². The fourth-order valence-corrected chi connectivity index (χ4v) is 3.38. The van der Waals surface area contributed by atoms with E-state index in [1.54, 1.807) is 12.3 Å². The van der Waals surface area contributed by atoms with Gasteiger partial charge in [0.05, 0.1) is 4.92 Å². The minimum Gasteiger partial charge on any atom is -0.457 e. The summed E-state index contributed by atoms with van der Waals surface area (Å²) in [7, 11) is 0. The average Bonchev–Trinajstić information content (AvgIpc) is 3.03. The third-order valence-electron chi connectivity index (χ3n) is 4.71. The smallest absolute Gasteiger partial charge is 0.311 e. The maximum absolute atomic E-state index is 11.2. The summed E-state index contributed by atoms with van der Waals surface area (Å²) in [6.45, 7) is 3.49. The van der Waals surface area contributed by atoms with Crippen LogP contribution in [0.5, 0.6) is 0 Å². The predicted octanol–water partition coefficient (Wildman–Crippen LogP) is 4.73. The first-order valence-electron chi connectivity index (χ1n) is 8.64. The maximum atomic E-state index is 11.2. The highest BCUT2D eigenvalue weighted by Gasteiger charge is 2.23. The first-order chi connectivity index (χ1) is 12.6. The summed E-state index contributed by atoms with van der Waals surface area (Å²) in [6, 6.07) is 11.3. The number of hydrogen-bond donors (Lipinski definition) is 0. The van der Waals surface area contributed by atoms with Crippen molar-refractivity contribution in [1.29, 1.82) is 0 Å². The summed E-state index contributed by atoms with van der Waals surface area (Å²) in [4.78, 5) is 17.0. The van der Waals surface area contributed by atoms with E-state index >= 15 is 0 Å². The van der Waals surface area contributed by atoms with Crippen molar-refractivity contribution < 1.29 is 9.34 Å². The van der Waals surface area contributed by atoms with Gasteiger partial charge in [0.2, 0.25) is 5.82 Å². The monoisotopic (exact) mass is 349 g/mol. The number of hydrogen-bond acceptors (Lipinski definition) is 5. The van der Waals surface area contributed by atoms with Gasteiger partial charge in [-0.25, -0.2) is 4.98 Å². The molecule has 6 nitrogen and oxygen atoms in total. The molecular formula is C20H19N3O3. The number of rotatable bonds is 3. The Morgan fingerprint density at radius 3 is 2.81 bits per heavy atom. The number of nitro groups is 1. The number of pyridine rings is 1. The fraction of sp³-hybridized carbons (Fsp3) is 0.250. The minimum atomic E-state index is -0.371. The zero-order valence-corrected chi connectivity index (χ0v) is 14.5. The molecule has 0 spiro atoms. The average molecular weight is 349 g/mol. The van der Waals surface area contributed by atoms with Crippen LogP contribution in [0.1, 0.15) is 24.2 Å². The molecule has 0 N–H and O–H groups in total. The van der Waals surface area contributed by atoms with Crippen LogP contribution in [0.15, 0.2) is 52.6 Å². The number of furan rings is 1. The van der Waals surface area contributed by atoms with E-state index in [4.69, 9.17) is 4.42 Å². The van der Waals surface area contributed by atoms with Gasteiger partial charge in [-0.15, -0.1) is 0 Å². The molecule has 6 heteroatoms. The maximum Gasteiger partial charge on any atom is 0.311 e. The summed E-state index contributed by atoms with van der Waals surface area (Å²) in [6.07, 6.45) is 5.37. The van der Waals surface area contributed by atoms with E-state index in [0.717, 1.165) is 29.6 Å². The molecule has 1 aromatic carbocycles.